The molecule has 0 atom stereocenters. The van der Waals surface area contributed by atoms with Gasteiger partial charge in [0.25, 0.3) is 0 Å². The molecule has 1 rings (SSSR count). The molecule has 0 unspecified atom stereocenters. The highest BCUT2D eigenvalue weighted by atomic mass is 16.6. The lowest BCUT2D eigenvalue weighted by molar-refractivity contribution is 0.0359. The van der Waals surface area contributed by atoms with Gasteiger partial charge in [0.1, 0.15) is 17.4 Å². The molecule has 1 fully saturated rings. The van der Waals surface area contributed by atoms with Gasteiger partial charge in [-0.1, -0.05) is 6.92 Å². The smallest absolute Gasteiger partial charge is 0.415 e. The van der Waals surface area contributed by atoms with E-state index < -0.39 is 11.7 Å². The number of nitriles is 1. The highest BCUT2D eigenvalue weighted by molar-refractivity contribution is 5.71. The maximum atomic E-state index is 11.8. The van der Waals surface area contributed by atoms with Gasteiger partial charge in [0, 0.05) is 7.05 Å². The van der Waals surface area contributed by atoms with Crippen molar-refractivity contribution in [3.8, 4) is 6.07 Å². The Kier molecular flexibility index (Phi) is 3.51. The molecule has 0 saturated heterocycles. The van der Waals surface area contributed by atoms with Crippen LogP contribution in [0.4, 0.5) is 4.79 Å². The van der Waals surface area contributed by atoms with Crippen LogP contribution in [0.3, 0.4) is 0 Å². The van der Waals surface area contributed by atoms with Crippen LogP contribution in [-0.2, 0) is 4.74 Å². The predicted molar refractivity (Wildman–Crippen MR) is 65.0 cm³/mol. The van der Waals surface area contributed by atoms with E-state index in [1.807, 2.05) is 6.08 Å². The summed E-state index contributed by atoms with van der Waals surface area (Å²) in [5.41, 5.74) is -0.101. The summed E-state index contributed by atoms with van der Waals surface area (Å²) in [7, 11) is 1.56. The second kappa shape index (κ2) is 4.40. The van der Waals surface area contributed by atoms with Crippen molar-refractivity contribution in [2.24, 2.45) is 5.41 Å². The fourth-order valence-corrected chi connectivity index (χ4v) is 1.30. The van der Waals surface area contributed by atoms with E-state index in [0.717, 1.165) is 12.8 Å². The number of hydrogen-bond donors (Lipinski definition) is 0. The summed E-state index contributed by atoms with van der Waals surface area (Å²) >= 11 is 0. The van der Waals surface area contributed by atoms with Crippen molar-refractivity contribution in [3.05, 3.63) is 11.8 Å². The normalized spacial score (nSPS) is 18.2. The van der Waals surface area contributed by atoms with Gasteiger partial charge in [0.2, 0.25) is 0 Å². The number of allylic oxidation sites excluding steroid dienone is 2. The number of hydrogen-bond acceptors (Lipinski definition) is 3. The lowest BCUT2D eigenvalue weighted by Gasteiger charge is -2.24. The third-order valence-electron chi connectivity index (χ3n) is 2.67. The van der Waals surface area contributed by atoms with Crippen molar-refractivity contribution in [2.75, 3.05) is 7.05 Å². The van der Waals surface area contributed by atoms with E-state index in [4.69, 9.17) is 10.00 Å². The first-order chi connectivity index (χ1) is 7.67. The molecular formula is C13H20N2O2. The van der Waals surface area contributed by atoms with Crippen molar-refractivity contribution in [3.63, 3.8) is 0 Å². The average Bonchev–Trinajstić information content (AvgIpc) is 2.89. The Morgan fingerprint density at radius 3 is 2.35 bits per heavy atom. The van der Waals surface area contributed by atoms with E-state index in [-0.39, 0.29) is 5.41 Å². The van der Waals surface area contributed by atoms with E-state index >= 15 is 0 Å². The molecule has 0 heterocycles. The molecule has 0 aromatic heterocycles. The highest BCUT2D eigenvalue weighted by Gasteiger charge is 2.36. The summed E-state index contributed by atoms with van der Waals surface area (Å²) in [6.45, 7) is 7.48. The van der Waals surface area contributed by atoms with E-state index in [1.54, 1.807) is 27.8 Å². The molecule has 0 aromatic rings. The molecule has 17 heavy (non-hydrogen) atoms. The lowest BCUT2D eigenvalue weighted by atomic mass is 10.1. The van der Waals surface area contributed by atoms with Crippen molar-refractivity contribution in [1.82, 2.24) is 4.90 Å². The molecule has 0 N–H and O–H groups in total. The summed E-state index contributed by atoms with van der Waals surface area (Å²) < 4.78 is 5.21. The number of amides is 1. The van der Waals surface area contributed by atoms with Gasteiger partial charge in [0.05, 0.1) is 0 Å². The monoisotopic (exact) mass is 236 g/mol. The van der Waals surface area contributed by atoms with Crippen LogP contribution < -0.4 is 0 Å². The minimum absolute atomic E-state index is 0.0847. The number of carbonyl (C=O) groups excluding carboxylic acids is 1. The summed E-state index contributed by atoms with van der Waals surface area (Å²) in [4.78, 5) is 13.0. The van der Waals surface area contributed by atoms with E-state index in [0.29, 0.717) is 5.70 Å². The Morgan fingerprint density at radius 2 is 2.00 bits per heavy atom. The van der Waals surface area contributed by atoms with Crippen LogP contribution in [0.15, 0.2) is 11.8 Å². The first-order valence-corrected chi connectivity index (χ1v) is 5.76. The topological polar surface area (TPSA) is 53.3 Å². The maximum absolute atomic E-state index is 11.8. The van der Waals surface area contributed by atoms with Gasteiger partial charge in [-0.25, -0.2) is 4.79 Å². The Morgan fingerprint density at radius 1 is 1.47 bits per heavy atom. The molecule has 0 spiro atoms. The number of nitrogens with zero attached hydrogens (tertiary/aromatic N) is 2. The van der Waals surface area contributed by atoms with Crippen LogP contribution >= 0.6 is 0 Å². The van der Waals surface area contributed by atoms with Crippen LogP contribution in [0.1, 0.15) is 40.5 Å². The van der Waals surface area contributed by atoms with Gasteiger partial charge in [-0.2, -0.15) is 5.26 Å². The summed E-state index contributed by atoms with van der Waals surface area (Å²) in [6, 6.07) is 2.05. The zero-order valence-electron chi connectivity index (χ0n) is 11.2. The molecule has 1 amide bonds. The number of carbonyl (C=O) groups is 1. The molecule has 1 aliphatic rings. The number of ether oxygens (including phenoxy) is 1. The third-order valence-corrected chi connectivity index (χ3v) is 2.67. The van der Waals surface area contributed by atoms with Gasteiger partial charge >= 0.3 is 6.09 Å². The van der Waals surface area contributed by atoms with E-state index in [2.05, 4.69) is 13.0 Å². The minimum Gasteiger partial charge on any atom is -0.443 e. The molecule has 0 aromatic carbocycles. The standard InChI is InChI=1S/C13H20N2O2/c1-12(2,3)17-11(16)15(5)10(9-14)8-13(4)6-7-13/h8H,6-7H2,1-5H3. The Balaban J connectivity index is 2.74. The summed E-state index contributed by atoms with van der Waals surface area (Å²) in [6.07, 6.45) is 3.51. The van der Waals surface area contributed by atoms with Crippen molar-refractivity contribution in [2.45, 2.75) is 46.1 Å². The molecule has 4 heteroatoms. The minimum atomic E-state index is -0.546. The van der Waals surface area contributed by atoms with Crippen LogP contribution in [0.25, 0.3) is 0 Å². The zero-order chi connectivity index (χ0) is 13.3. The van der Waals surface area contributed by atoms with Crippen molar-refractivity contribution in [1.29, 1.82) is 5.26 Å². The summed E-state index contributed by atoms with van der Waals surface area (Å²) in [5, 5.41) is 9.07. The van der Waals surface area contributed by atoms with Gasteiger partial charge in [-0.05, 0) is 45.1 Å². The summed E-state index contributed by atoms with van der Waals surface area (Å²) in [5.74, 6) is 0. The van der Waals surface area contributed by atoms with E-state index in [9.17, 15) is 4.79 Å². The molecule has 1 saturated carbocycles. The maximum Gasteiger partial charge on any atom is 0.415 e. The fraction of sp³-hybridized carbons (Fsp3) is 0.692. The molecule has 0 bridgehead atoms. The largest absolute Gasteiger partial charge is 0.443 e. The van der Waals surface area contributed by atoms with Gasteiger partial charge in [-0.3, -0.25) is 4.90 Å². The first-order valence-electron chi connectivity index (χ1n) is 5.76. The predicted octanol–water partition coefficient (Wildman–Crippen LogP) is 3.06. The second-order valence-corrected chi connectivity index (χ2v) is 5.83. The van der Waals surface area contributed by atoms with Gasteiger partial charge in [0.15, 0.2) is 0 Å². The van der Waals surface area contributed by atoms with Crippen molar-refractivity contribution < 1.29 is 9.53 Å². The van der Waals surface area contributed by atoms with Crippen LogP contribution in [0.5, 0.6) is 0 Å². The first kappa shape index (κ1) is 13.6. The molecule has 1 aliphatic carbocycles. The second-order valence-electron chi connectivity index (χ2n) is 5.83. The van der Waals surface area contributed by atoms with Crippen LogP contribution in [0.2, 0.25) is 0 Å². The third kappa shape index (κ3) is 4.10. The zero-order valence-corrected chi connectivity index (χ0v) is 11.2. The molecule has 0 radical (unpaired) electrons. The molecule has 4 nitrogen and oxygen atoms in total. The van der Waals surface area contributed by atoms with E-state index in [1.165, 1.54) is 4.90 Å². The molecular weight excluding hydrogens is 216 g/mol. The SMILES string of the molecule is CN(C(=O)OC(C)(C)C)C(C#N)=CC1(C)CC1. The Hall–Kier alpha value is -1.50. The molecule has 94 valence electrons. The van der Waals surface area contributed by atoms with Crippen LogP contribution in [0, 0.1) is 16.7 Å². The van der Waals surface area contributed by atoms with Crippen molar-refractivity contribution >= 4 is 6.09 Å². The fourth-order valence-electron chi connectivity index (χ4n) is 1.30. The Labute approximate surface area is 103 Å². The Bertz CT molecular complexity index is 381. The molecule has 0 aliphatic heterocycles. The lowest BCUT2D eigenvalue weighted by Crippen LogP contribution is -2.33. The average molecular weight is 236 g/mol. The highest BCUT2D eigenvalue weighted by Crippen LogP contribution is 2.47. The van der Waals surface area contributed by atoms with Gasteiger partial charge in [-0.15, -0.1) is 0 Å². The van der Waals surface area contributed by atoms with Gasteiger partial charge < -0.3 is 4.74 Å². The number of rotatable bonds is 2. The van der Waals surface area contributed by atoms with Crippen LogP contribution in [-0.4, -0.2) is 23.6 Å². The quantitative estimate of drug-likeness (QED) is 0.692.